The highest BCUT2D eigenvalue weighted by molar-refractivity contribution is 7.80. The summed E-state index contributed by atoms with van der Waals surface area (Å²) in [4.78, 5) is 7.24. The number of nitrogens with one attached hydrogen (secondary N) is 1. The van der Waals surface area contributed by atoms with Crippen molar-refractivity contribution in [1.29, 1.82) is 0 Å². The molecule has 0 radical (unpaired) electrons. The van der Waals surface area contributed by atoms with Crippen LogP contribution in [-0.4, -0.2) is 25.6 Å². The van der Waals surface area contributed by atoms with Gasteiger partial charge in [-0.05, 0) is 75.5 Å². The fourth-order valence-electron chi connectivity index (χ4n) is 6.10. The van der Waals surface area contributed by atoms with E-state index in [0.717, 1.165) is 10.8 Å². The molecule has 0 unspecified atom stereocenters. The average Bonchev–Trinajstić information content (AvgIpc) is 3.50. The molecule has 2 aliphatic carbocycles. The number of rotatable bonds is 4. The molecule has 2 aromatic heterocycles. The van der Waals surface area contributed by atoms with Gasteiger partial charge in [0.15, 0.2) is 5.11 Å². The minimum absolute atomic E-state index is 0.113. The van der Waals surface area contributed by atoms with Crippen LogP contribution in [0.2, 0.25) is 0 Å². The molecule has 0 amide bonds. The third-order valence-corrected chi connectivity index (χ3v) is 7.71. The lowest BCUT2D eigenvalue weighted by Crippen LogP contribution is -2.37. The molecule has 2 atom stereocenters. The van der Waals surface area contributed by atoms with E-state index in [1.54, 1.807) is 0 Å². The molecule has 1 aliphatic heterocycles. The second-order valence-corrected chi connectivity index (χ2v) is 9.49. The van der Waals surface area contributed by atoms with Gasteiger partial charge in [-0.2, -0.15) is 0 Å². The number of hydrogen-bond donors (Lipinski definition) is 1. The van der Waals surface area contributed by atoms with Crippen molar-refractivity contribution in [2.75, 3.05) is 0 Å². The number of hydrogen-bond acceptors (Lipinski definition) is 2. The molecular formula is C24H32N4S. The van der Waals surface area contributed by atoms with E-state index >= 15 is 0 Å². The summed E-state index contributed by atoms with van der Waals surface area (Å²) in [5.74, 6) is 0. The predicted molar refractivity (Wildman–Crippen MR) is 121 cm³/mol. The van der Waals surface area contributed by atoms with Gasteiger partial charge in [0.1, 0.15) is 0 Å². The molecule has 1 N–H and O–H groups in total. The minimum atomic E-state index is 0.113. The van der Waals surface area contributed by atoms with Crippen LogP contribution < -0.4 is 5.32 Å². The van der Waals surface area contributed by atoms with E-state index in [4.69, 9.17) is 17.2 Å². The van der Waals surface area contributed by atoms with E-state index in [1.807, 2.05) is 12.3 Å². The number of thiocarbonyl (C=S) groups is 1. The second-order valence-electron chi connectivity index (χ2n) is 9.11. The Morgan fingerprint density at radius 2 is 1.69 bits per heavy atom. The molecule has 5 heteroatoms. The van der Waals surface area contributed by atoms with Crippen molar-refractivity contribution in [3.8, 4) is 0 Å². The maximum Gasteiger partial charge on any atom is 0.170 e. The predicted octanol–water partition coefficient (Wildman–Crippen LogP) is 5.53. The quantitative estimate of drug-likeness (QED) is 0.674. The molecule has 154 valence electrons. The first-order valence-electron chi connectivity index (χ1n) is 11.3. The van der Waals surface area contributed by atoms with Gasteiger partial charge in [-0.1, -0.05) is 31.7 Å². The molecule has 2 saturated carbocycles. The number of pyridine rings is 1. The lowest BCUT2D eigenvalue weighted by Gasteiger charge is -2.33. The Hall–Kier alpha value is -1.88. The Morgan fingerprint density at radius 1 is 1.00 bits per heavy atom. The van der Waals surface area contributed by atoms with E-state index in [9.17, 15) is 0 Å². The summed E-state index contributed by atoms with van der Waals surface area (Å²) in [6, 6.07) is 10.2. The van der Waals surface area contributed by atoms with Gasteiger partial charge in [0.05, 0.1) is 17.8 Å². The van der Waals surface area contributed by atoms with Crippen molar-refractivity contribution < 1.29 is 0 Å². The van der Waals surface area contributed by atoms with Gasteiger partial charge in [0.2, 0.25) is 0 Å². The minimum Gasteiger partial charge on any atom is -0.352 e. The highest BCUT2D eigenvalue weighted by Crippen LogP contribution is 2.45. The molecule has 0 bridgehead atoms. The van der Waals surface area contributed by atoms with Gasteiger partial charge in [-0.3, -0.25) is 4.98 Å². The topological polar surface area (TPSA) is 33.1 Å². The summed E-state index contributed by atoms with van der Waals surface area (Å²) in [5, 5.41) is 4.56. The van der Waals surface area contributed by atoms with E-state index in [2.05, 4.69) is 46.8 Å². The smallest absolute Gasteiger partial charge is 0.170 e. The van der Waals surface area contributed by atoms with Crippen molar-refractivity contribution >= 4 is 17.3 Å². The van der Waals surface area contributed by atoms with Gasteiger partial charge >= 0.3 is 0 Å². The first-order valence-corrected chi connectivity index (χ1v) is 11.7. The van der Waals surface area contributed by atoms with Gasteiger partial charge in [-0.15, -0.1) is 0 Å². The summed E-state index contributed by atoms with van der Waals surface area (Å²) in [6.45, 7) is 4.61. The molecule has 3 fully saturated rings. The van der Waals surface area contributed by atoms with Crippen molar-refractivity contribution in [3.63, 3.8) is 0 Å². The van der Waals surface area contributed by atoms with Crippen LogP contribution in [0.25, 0.3) is 0 Å². The largest absolute Gasteiger partial charge is 0.352 e. The van der Waals surface area contributed by atoms with Crippen LogP contribution in [0.1, 0.15) is 92.1 Å². The van der Waals surface area contributed by atoms with Gasteiger partial charge in [-0.25, -0.2) is 0 Å². The molecule has 0 spiro atoms. The maximum absolute atomic E-state index is 5.90. The first-order chi connectivity index (χ1) is 14.1. The monoisotopic (exact) mass is 408 g/mol. The molecule has 4 nitrogen and oxygen atoms in total. The zero-order valence-electron chi connectivity index (χ0n) is 17.6. The number of nitrogens with zero attached hydrogens (tertiary/aromatic N) is 3. The summed E-state index contributed by atoms with van der Waals surface area (Å²) >= 11 is 5.90. The fraction of sp³-hybridized carbons (Fsp3) is 0.583. The Morgan fingerprint density at radius 3 is 2.34 bits per heavy atom. The molecule has 0 aromatic carbocycles. The van der Waals surface area contributed by atoms with Crippen LogP contribution in [0.4, 0.5) is 0 Å². The number of aryl methyl sites for hydroxylation is 1. The zero-order valence-corrected chi connectivity index (χ0v) is 18.4. The van der Waals surface area contributed by atoms with Crippen LogP contribution in [0.5, 0.6) is 0 Å². The SMILES string of the molecule is Cc1cc([C@@H]2[C@H](c3ccccn3)NC(=S)N2C2CCCC2)c(C)n1C1CCCC1. The van der Waals surface area contributed by atoms with E-state index in [-0.39, 0.29) is 12.1 Å². The Labute approximate surface area is 179 Å². The Bertz CT molecular complexity index is 878. The third kappa shape index (κ3) is 3.27. The lowest BCUT2D eigenvalue weighted by atomic mass is 9.95. The summed E-state index contributed by atoms with van der Waals surface area (Å²) in [5.41, 5.74) is 5.35. The normalized spacial score (nSPS) is 25.9. The van der Waals surface area contributed by atoms with E-state index in [0.29, 0.717) is 12.1 Å². The first kappa shape index (κ1) is 19.1. The highest BCUT2D eigenvalue weighted by atomic mass is 32.1. The zero-order chi connectivity index (χ0) is 20.0. The summed E-state index contributed by atoms with van der Waals surface area (Å²) < 4.78 is 2.62. The lowest BCUT2D eigenvalue weighted by molar-refractivity contribution is 0.244. The third-order valence-electron chi connectivity index (χ3n) is 7.39. The van der Waals surface area contributed by atoms with Crippen LogP contribution in [0.15, 0.2) is 30.5 Å². The summed E-state index contributed by atoms with van der Waals surface area (Å²) in [7, 11) is 0. The van der Waals surface area contributed by atoms with Crippen LogP contribution in [-0.2, 0) is 0 Å². The van der Waals surface area contributed by atoms with Gasteiger partial charge in [0.25, 0.3) is 0 Å². The van der Waals surface area contributed by atoms with Crippen LogP contribution >= 0.6 is 12.2 Å². The Balaban J connectivity index is 1.59. The fourth-order valence-corrected chi connectivity index (χ4v) is 6.49. The van der Waals surface area contributed by atoms with E-state index in [1.165, 1.54) is 68.3 Å². The maximum atomic E-state index is 5.90. The average molecular weight is 409 g/mol. The molecule has 3 heterocycles. The summed E-state index contributed by atoms with van der Waals surface area (Å²) in [6.07, 6.45) is 12.4. The van der Waals surface area contributed by atoms with Crippen LogP contribution in [0, 0.1) is 13.8 Å². The van der Waals surface area contributed by atoms with Crippen molar-refractivity contribution in [1.82, 2.24) is 19.8 Å². The number of aromatic nitrogens is 2. The molecule has 1 saturated heterocycles. The Kier molecular flexibility index (Phi) is 5.10. The molecular weight excluding hydrogens is 376 g/mol. The van der Waals surface area contributed by atoms with Crippen LogP contribution in [0.3, 0.4) is 0 Å². The van der Waals surface area contributed by atoms with Crippen molar-refractivity contribution in [2.24, 2.45) is 0 Å². The van der Waals surface area contributed by atoms with Crippen molar-refractivity contribution in [2.45, 2.75) is 89.4 Å². The second kappa shape index (κ2) is 7.75. The molecule has 29 heavy (non-hydrogen) atoms. The standard InChI is InChI=1S/C24H32N4S/c1-16-15-20(17(2)27(16)18-9-3-4-10-18)23-22(21-13-7-8-14-25-21)26-24(29)28(23)19-11-5-6-12-19/h7-8,13-15,18-19,22-23H,3-6,9-12H2,1-2H3,(H,26,29)/t22-,23+/m0/s1. The van der Waals surface area contributed by atoms with Crippen molar-refractivity contribution in [3.05, 3.63) is 53.1 Å². The molecule has 5 rings (SSSR count). The van der Waals surface area contributed by atoms with Gasteiger partial charge < -0.3 is 14.8 Å². The van der Waals surface area contributed by atoms with Gasteiger partial charge in [0, 0.05) is 29.7 Å². The highest BCUT2D eigenvalue weighted by Gasteiger charge is 2.45. The van der Waals surface area contributed by atoms with E-state index < -0.39 is 0 Å². The molecule has 3 aliphatic rings. The molecule has 2 aromatic rings.